The summed E-state index contributed by atoms with van der Waals surface area (Å²) in [6, 6.07) is 0. The number of carbonyl (C=O) groups is 2. The summed E-state index contributed by atoms with van der Waals surface area (Å²) in [4.78, 5) is 24.7. The van der Waals surface area contributed by atoms with Crippen LogP contribution in [0, 0.1) is 5.41 Å². The number of aromatic nitrogens is 4. The van der Waals surface area contributed by atoms with Gasteiger partial charge in [0.15, 0.2) is 0 Å². The molecule has 2 aromatic heterocycles. The zero-order chi connectivity index (χ0) is 16.8. The lowest BCUT2D eigenvalue weighted by molar-refractivity contribution is -0.122. The van der Waals surface area contributed by atoms with Crippen LogP contribution >= 0.6 is 22.7 Å². The van der Waals surface area contributed by atoms with E-state index in [2.05, 4.69) is 31.0 Å². The summed E-state index contributed by atoms with van der Waals surface area (Å²) < 4.78 is 0. The molecule has 8 nitrogen and oxygen atoms in total. The van der Waals surface area contributed by atoms with Crippen molar-refractivity contribution in [2.75, 3.05) is 10.6 Å². The third-order valence-electron chi connectivity index (χ3n) is 4.20. The second-order valence-corrected chi connectivity index (χ2v) is 7.66. The molecule has 0 aromatic carbocycles. The first-order valence-corrected chi connectivity index (χ1v) is 9.53. The van der Waals surface area contributed by atoms with E-state index in [-0.39, 0.29) is 17.2 Å². The van der Waals surface area contributed by atoms with E-state index in [1.54, 1.807) is 11.0 Å². The lowest BCUT2D eigenvalue weighted by Crippen LogP contribution is -2.34. The molecule has 0 unspecified atom stereocenters. The molecule has 2 amide bonds. The van der Waals surface area contributed by atoms with Crippen LogP contribution in [0.1, 0.15) is 44.9 Å². The first kappa shape index (κ1) is 16.9. The van der Waals surface area contributed by atoms with Crippen LogP contribution in [0.25, 0.3) is 0 Å². The van der Waals surface area contributed by atoms with Gasteiger partial charge in [0.1, 0.15) is 11.0 Å². The SMILES string of the molecule is O=C(CC1(CC(=O)Nc2nncs2)CCCCC1)Nc1nncs1. The first-order valence-electron chi connectivity index (χ1n) is 7.77. The van der Waals surface area contributed by atoms with Crippen molar-refractivity contribution < 1.29 is 9.59 Å². The Morgan fingerprint density at radius 3 is 1.83 bits per heavy atom. The highest BCUT2D eigenvalue weighted by Crippen LogP contribution is 2.42. The van der Waals surface area contributed by atoms with Gasteiger partial charge in [-0.05, 0) is 18.3 Å². The van der Waals surface area contributed by atoms with Crippen LogP contribution in [0.3, 0.4) is 0 Å². The van der Waals surface area contributed by atoms with Crippen molar-refractivity contribution in [2.24, 2.45) is 5.41 Å². The third kappa shape index (κ3) is 4.54. The highest BCUT2D eigenvalue weighted by molar-refractivity contribution is 7.13. The van der Waals surface area contributed by atoms with E-state index < -0.39 is 0 Å². The van der Waals surface area contributed by atoms with Gasteiger partial charge in [-0.25, -0.2) is 0 Å². The molecule has 0 saturated heterocycles. The lowest BCUT2D eigenvalue weighted by Gasteiger charge is -2.36. The normalized spacial score (nSPS) is 16.5. The van der Waals surface area contributed by atoms with Gasteiger partial charge in [-0.2, -0.15) is 0 Å². The van der Waals surface area contributed by atoms with Crippen molar-refractivity contribution in [3.8, 4) is 0 Å². The molecular weight excluding hydrogens is 348 g/mol. The molecule has 24 heavy (non-hydrogen) atoms. The predicted octanol–water partition coefficient (Wildman–Crippen LogP) is 2.70. The molecule has 2 heterocycles. The summed E-state index contributed by atoms with van der Waals surface area (Å²) in [6.07, 6.45) is 5.61. The fourth-order valence-corrected chi connectivity index (χ4v) is 4.10. The number of hydrogen-bond acceptors (Lipinski definition) is 8. The zero-order valence-corrected chi connectivity index (χ0v) is 14.7. The lowest BCUT2D eigenvalue weighted by atomic mass is 9.69. The Labute approximate surface area is 147 Å². The molecule has 1 fully saturated rings. The summed E-state index contributed by atoms with van der Waals surface area (Å²) in [5.74, 6) is -0.227. The number of hydrogen-bond donors (Lipinski definition) is 2. The molecule has 0 spiro atoms. The molecule has 0 radical (unpaired) electrons. The second-order valence-electron chi connectivity index (χ2n) is 6.00. The minimum absolute atomic E-state index is 0.114. The number of amides is 2. The molecule has 1 saturated carbocycles. The number of nitrogens with zero attached hydrogens (tertiary/aromatic N) is 4. The predicted molar refractivity (Wildman–Crippen MR) is 91.8 cm³/mol. The third-order valence-corrected chi connectivity index (χ3v) is 5.41. The van der Waals surface area contributed by atoms with Gasteiger partial charge in [0.05, 0.1) is 0 Å². The first-order chi connectivity index (χ1) is 11.7. The summed E-state index contributed by atoms with van der Waals surface area (Å²) in [6.45, 7) is 0. The Morgan fingerprint density at radius 1 is 0.917 bits per heavy atom. The Balaban J connectivity index is 1.63. The topological polar surface area (TPSA) is 110 Å². The van der Waals surface area contributed by atoms with Gasteiger partial charge in [0, 0.05) is 12.8 Å². The Kier molecular flexibility index (Phi) is 5.46. The van der Waals surface area contributed by atoms with Crippen molar-refractivity contribution in [1.29, 1.82) is 0 Å². The van der Waals surface area contributed by atoms with Crippen LogP contribution in [0.5, 0.6) is 0 Å². The van der Waals surface area contributed by atoms with Crippen LogP contribution in [0.4, 0.5) is 10.3 Å². The van der Waals surface area contributed by atoms with E-state index in [9.17, 15) is 9.59 Å². The molecule has 0 atom stereocenters. The highest BCUT2D eigenvalue weighted by Gasteiger charge is 2.36. The summed E-state index contributed by atoms with van der Waals surface area (Å²) in [5, 5.41) is 21.6. The molecular formula is C14H18N6O2S2. The molecule has 3 rings (SSSR count). The van der Waals surface area contributed by atoms with Crippen molar-refractivity contribution >= 4 is 44.8 Å². The van der Waals surface area contributed by atoms with Crippen LogP contribution in [0.15, 0.2) is 11.0 Å². The molecule has 128 valence electrons. The minimum Gasteiger partial charge on any atom is -0.301 e. The van der Waals surface area contributed by atoms with Crippen LogP contribution < -0.4 is 10.6 Å². The van der Waals surface area contributed by atoms with Gasteiger partial charge in [0.25, 0.3) is 0 Å². The van der Waals surface area contributed by atoms with Crippen LogP contribution in [0.2, 0.25) is 0 Å². The quantitative estimate of drug-likeness (QED) is 0.813. The standard InChI is InChI=1S/C14H18N6O2S2/c21-10(17-12-19-15-8-23-12)6-14(4-2-1-3-5-14)7-11(22)18-13-20-16-9-24-13/h8-9H,1-7H2,(H,17,19,21)(H,18,20,22). The Hall–Kier alpha value is -1.94. The van der Waals surface area contributed by atoms with Crippen LogP contribution in [-0.2, 0) is 9.59 Å². The number of carbonyl (C=O) groups excluding carboxylic acids is 2. The Morgan fingerprint density at radius 2 is 1.42 bits per heavy atom. The van der Waals surface area contributed by atoms with Crippen molar-refractivity contribution in [3.05, 3.63) is 11.0 Å². The Bertz CT molecular complexity index is 615. The summed E-state index contributed by atoms with van der Waals surface area (Å²) >= 11 is 2.56. The maximum atomic E-state index is 12.4. The largest absolute Gasteiger partial charge is 0.301 e. The zero-order valence-electron chi connectivity index (χ0n) is 13.0. The maximum absolute atomic E-state index is 12.4. The number of nitrogens with one attached hydrogen (secondary N) is 2. The second kappa shape index (κ2) is 7.75. The number of anilines is 2. The van der Waals surface area contributed by atoms with E-state index in [0.717, 1.165) is 32.1 Å². The molecule has 10 heteroatoms. The highest BCUT2D eigenvalue weighted by atomic mass is 32.1. The van der Waals surface area contributed by atoms with Gasteiger partial charge in [-0.3, -0.25) is 9.59 Å². The maximum Gasteiger partial charge on any atom is 0.226 e. The van der Waals surface area contributed by atoms with E-state index in [4.69, 9.17) is 0 Å². The van der Waals surface area contributed by atoms with E-state index in [1.807, 2.05) is 0 Å². The smallest absolute Gasteiger partial charge is 0.226 e. The van der Waals surface area contributed by atoms with Crippen molar-refractivity contribution in [3.63, 3.8) is 0 Å². The van der Waals surface area contributed by atoms with E-state index >= 15 is 0 Å². The van der Waals surface area contributed by atoms with Gasteiger partial charge >= 0.3 is 0 Å². The molecule has 2 N–H and O–H groups in total. The van der Waals surface area contributed by atoms with E-state index in [1.165, 1.54) is 22.7 Å². The summed E-state index contributed by atoms with van der Waals surface area (Å²) in [7, 11) is 0. The molecule has 0 aliphatic heterocycles. The molecule has 2 aromatic rings. The fraction of sp³-hybridized carbons (Fsp3) is 0.571. The number of rotatable bonds is 6. The summed E-state index contributed by atoms with van der Waals surface area (Å²) in [5.41, 5.74) is 2.84. The van der Waals surface area contributed by atoms with Gasteiger partial charge < -0.3 is 10.6 Å². The van der Waals surface area contributed by atoms with Gasteiger partial charge in [0.2, 0.25) is 22.1 Å². The van der Waals surface area contributed by atoms with Crippen molar-refractivity contribution in [1.82, 2.24) is 20.4 Å². The average Bonchev–Trinajstić information content (AvgIpc) is 3.21. The molecule has 1 aliphatic carbocycles. The molecule has 0 bridgehead atoms. The monoisotopic (exact) mass is 366 g/mol. The fourth-order valence-electron chi connectivity index (χ4n) is 3.18. The minimum atomic E-state index is -0.304. The van der Waals surface area contributed by atoms with E-state index in [0.29, 0.717) is 23.1 Å². The average molecular weight is 366 g/mol. The van der Waals surface area contributed by atoms with Gasteiger partial charge in [-0.1, -0.05) is 41.9 Å². The molecule has 1 aliphatic rings. The van der Waals surface area contributed by atoms with Crippen molar-refractivity contribution in [2.45, 2.75) is 44.9 Å². The van der Waals surface area contributed by atoms with Crippen LogP contribution in [-0.4, -0.2) is 32.2 Å². The van der Waals surface area contributed by atoms with Gasteiger partial charge in [-0.15, -0.1) is 20.4 Å².